The summed E-state index contributed by atoms with van der Waals surface area (Å²) in [4.78, 5) is 14.0. The summed E-state index contributed by atoms with van der Waals surface area (Å²) in [5, 5.41) is 0. The van der Waals surface area contributed by atoms with Gasteiger partial charge in [0.05, 0.1) is 0 Å². The van der Waals surface area contributed by atoms with Crippen LogP contribution in [0.1, 0.15) is 44.6 Å². The molecule has 0 radical (unpaired) electrons. The van der Waals surface area contributed by atoms with E-state index >= 15 is 0 Å². The van der Waals surface area contributed by atoms with Gasteiger partial charge in [-0.1, -0.05) is 31.4 Å². The molecule has 0 unspecified atom stereocenters. The van der Waals surface area contributed by atoms with Crippen molar-refractivity contribution < 1.29 is 4.79 Å². The molecule has 1 aromatic carbocycles. The molecule has 2 heteroatoms. The van der Waals surface area contributed by atoms with Gasteiger partial charge in [-0.25, -0.2) is 0 Å². The van der Waals surface area contributed by atoms with Crippen molar-refractivity contribution in [2.45, 2.75) is 46.0 Å². The van der Waals surface area contributed by atoms with Crippen molar-refractivity contribution in [1.29, 1.82) is 0 Å². The molecule has 0 amide bonds. The molecule has 0 N–H and O–H groups in total. The zero-order valence-corrected chi connectivity index (χ0v) is 12.2. The van der Waals surface area contributed by atoms with E-state index in [-0.39, 0.29) is 5.41 Å². The highest BCUT2D eigenvalue weighted by Crippen LogP contribution is 2.36. The number of anilines is 1. The molecule has 0 heterocycles. The first-order valence-electron chi connectivity index (χ1n) is 7.47. The van der Waals surface area contributed by atoms with Crippen LogP contribution in [-0.2, 0) is 4.79 Å². The lowest BCUT2D eigenvalue weighted by molar-refractivity contribution is -0.117. The van der Waals surface area contributed by atoms with E-state index in [9.17, 15) is 4.79 Å². The second kappa shape index (κ2) is 6.23. The Hall–Kier alpha value is -1.31. The minimum atomic E-state index is -0.113. The summed E-state index contributed by atoms with van der Waals surface area (Å²) in [5.74, 6) is 0. The summed E-state index contributed by atoms with van der Waals surface area (Å²) in [7, 11) is 0. The third kappa shape index (κ3) is 3.37. The minimum Gasteiger partial charge on any atom is -0.371 e. The molecule has 1 aliphatic rings. The molecule has 2 nitrogen and oxygen atoms in total. The quantitative estimate of drug-likeness (QED) is 0.746. The molecule has 0 saturated heterocycles. The number of nitrogens with zero attached hydrogens (tertiary/aromatic N) is 1. The van der Waals surface area contributed by atoms with Crippen LogP contribution in [0.2, 0.25) is 0 Å². The molecule has 1 aliphatic carbocycles. The Labute approximate surface area is 116 Å². The Kier molecular flexibility index (Phi) is 4.62. The zero-order valence-electron chi connectivity index (χ0n) is 12.2. The monoisotopic (exact) mass is 259 g/mol. The van der Waals surface area contributed by atoms with Crippen LogP contribution in [-0.4, -0.2) is 19.4 Å². The van der Waals surface area contributed by atoms with E-state index in [0.29, 0.717) is 0 Å². The normalized spacial score (nSPS) is 18.0. The molecule has 1 fully saturated rings. The fraction of sp³-hybridized carbons (Fsp3) is 0.588. The molecule has 1 saturated carbocycles. The lowest BCUT2D eigenvalue weighted by Crippen LogP contribution is -2.40. The molecule has 0 bridgehead atoms. The van der Waals surface area contributed by atoms with Gasteiger partial charge in [-0.3, -0.25) is 0 Å². The topological polar surface area (TPSA) is 20.3 Å². The van der Waals surface area contributed by atoms with E-state index in [0.717, 1.165) is 25.9 Å². The van der Waals surface area contributed by atoms with Gasteiger partial charge in [0.2, 0.25) is 0 Å². The second-order valence-corrected chi connectivity index (χ2v) is 5.89. The van der Waals surface area contributed by atoms with Crippen molar-refractivity contribution in [3.63, 3.8) is 0 Å². The lowest BCUT2D eigenvalue weighted by Gasteiger charge is -2.37. The molecule has 2 rings (SSSR count). The first-order valence-corrected chi connectivity index (χ1v) is 7.47. The number of hydrogen-bond acceptors (Lipinski definition) is 2. The van der Waals surface area contributed by atoms with Gasteiger partial charge < -0.3 is 9.69 Å². The Morgan fingerprint density at radius 3 is 2.58 bits per heavy atom. The largest absolute Gasteiger partial charge is 0.371 e. The Morgan fingerprint density at radius 1 is 1.26 bits per heavy atom. The number of carbonyl (C=O) groups is 1. The smallest absolute Gasteiger partial charge is 0.127 e. The predicted molar refractivity (Wildman–Crippen MR) is 80.6 cm³/mol. The van der Waals surface area contributed by atoms with E-state index < -0.39 is 0 Å². The van der Waals surface area contributed by atoms with Gasteiger partial charge in [-0.15, -0.1) is 0 Å². The highest BCUT2D eigenvalue weighted by molar-refractivity contribution is 5.62. The highest BCUT2D eigenvalue weighted by atomic mass is 16.1. The molecule has 0 atom stereocenters. The second-order valence-electron chi connectivity index (χ2n) is 5.89. The number of aryl methyl sites for hydroxylation is 1. The fourth-order valence-corrected chi connectivity index (χ4v) is 3.16. The number of carbonyl (C=O) groups excluding carboxylic acids is 1. The number of benzene rings is 1. The van der Waals surface area contributed by atoms with Crippen LogP contribution in [0.15, 0.2) is 24.3 Å². The van der Waals surface area contributed by atoms with Crippen LogP contribution in [0, 0.1) is 12.3 Å². The number of hydrogen-bond donors (Lipinski definition) is 0. The van der Waals surface area contributed by atoms with Crippen molar-refractivity contribution in [2.24, 2.45) is 5.41 Å². The first kappa shape index (κ1) is 14.1. The van der Waals surface area contributed by atoms with E-state index in [1.807, 2.05) is 0 Å². The average Bonchev–Trinajstić information content (AvgIpc) is 2.46. The van der Waals surface area contributed by atoms with Crippen molar-refractivity contribution in [3.05, 3.63) is 29.8 Å². The first-order chi connectivity index (χ1) is 9.19. The Morgan fingerprint density at radius 2 is 2.00 bits per heavy atom. The summed E-state index contributed by atoms with van der Waals surface area (Å²) in [5.41, 5.74) is 2.41. The summed E-state index contributed by atoms with van der Waals surface area (Å²) >= 11 is 0. The van der Waals surface area contributed by atoms with Crippen LogP contribution in [0.3, 0.4) is 0 Å². The molecule has 19 heavy (non-hydrogen) atoms. The maximum atomic E-state index is 11.6. The van der Waals surface area contributed by atoms with Crippen LogP contribution in [0.4, 0.5) is 5.69 Å². The van der Waals surface area contributed by atoms with Crippen molar-refractivity contribution in [2.75, 3.05) is 18.0 Å². The number of aldehydes is 1. The Bertz CT molecular complexity index is 421. The van der Waals surface area contributed by atoms with Crippen molar-refractivity contribution in [1.82, 2.24) is 0 Å². The standard InChI is InChI=1S/C17H25NO/c1-3-18(16-9-7-8-15(2)12-16)13-17(14-19)10-5-4-6-11-17/h7-9,12,14H,3-6,10-11,13H2,1-2H3. The van der Waals surface area contributed by atoms with Gasteiger partial charge in [-0.05, 0) is 44.4 Å². The van der Waals surface area contributed by atoms with Crippen LogP contribution in [0.25, 0.3) is 0 Å². The van der Waals surface area contributed by atoms with Gasteiger partial charge in [0.25, 0.3) is 0 Å². The summed E-state index contributed by atoms with van der Waals surface area (Å²) in [6, 6.07) is 8.58. The zero-order chi connectivity index (χ0) is 13.7. The summed E-state index contributed by atoms with van der Waals surface area (Å²) in [6.07, 6.45) is 7.02. The molecule has 104 valence electrons. The van der Waals surface area contributed by atoms with Gasteiger partial charge in [0, 0.05) is 24.2 Å². The van der Waals surface area contributed by atoms with E-state index in [4.69, 9.17) is 0 Å². The number of rotatable bonds is 5. The molecular formula is C17H25NO. The summed E-state index contributed by atoms with van der Waals surface area (Å²) in [6.45, 7) is 6.12. The van der Waals surface area contributed by atoms with E-state index in [1.54, 1.807) is 0 Å². The van der Waals surface area contributed by atoms with Gasteiger partial charge in [-0.2, -0.15) is 0 Å². The highest BCUT2D eigenvalue weighted by Gasteiger charge is 2.33. The van der Waals surface area contributed by atoms with Crippen LogP contribution >= 0.6 is 0 Å². The fourth-order valence-electron chi connectivity index (χ4n) is 3.16. The van der Waals surface area contributed by atoms with Gasteiger partial charge >= 0.3 is 0 Å². The average molecular weight is 259 g/mol. The Balaban J connectivity index is 2.15. The van der Waals surface area contributed by atoms with Crippen molar-refractivity contribution in [3.8, 4) is 0 Å². The van der Waals surface area contributed by atoms with Crippen LogP contribution < -0.4 is 4.90 Å². The maximum absolute atomic E-state index is 11.6. The van der Waals surface area contributed by atoms with Gasteiger partial charge in [0.1, 0.15) is 6.29 Å². The third-order valence-corrected chi connectivity index (χ3v) is 4.35. The molecular weight excluding hydrogens is 234 g/mol. The minimum absolute atomic E-state index is 0.113. The van der Waals surface area contributed by atoms with Gasteiger partial charge in [0.15, 0.2) is 0 Å². The molecule has 0 aromatic heterocycles. The molecule has 0 aliphatic heterocycles. The summed E-state index contributed by atoms with van der Waals surface area (Å²) < 4.78 is 0. The lowest BCUT2D eigenvalue weighted by atomic mass is 9.75. The van der Waals surface area contributed by atoms with E-state index in [1.165, 1.54) is 36.8 Å². The van der Waals surface area contributed by atoms with E-state index in [2.05, 4.69) is 43.0 Å². The third-order valence-electron chi connectivity index (χ3n) is 4.35. The van der Waals surface area contributed by atoms with Crippen LogP contribution in [0.5, 0.6) is 0 Å². The predicted octanol–water partition coefficient (Wildman–Crippen LogP) is 3.97. The SMILES string of the molecule is CCN(CC1(C=O)CCCCC1)c1cccc(C)c1. The van der Waals surface area contributed by atoms with Crippen molar-refractivity contribution >= 4 is 12.0 Å². The maximum Gasteiger partial charge on any atom is 0.127 e. The molecule has 1 aromatic rings. The molecule has 0 spiro atoms.